The number of nitrogens with zero attached hydrogens (tertiary/aromatic N) is 3. The van der Waals surface area contributed by atoms with Gasteiger partial charge in [0.15, 0.2) is 10.8 Å². The molecule has 2 N–H and O–H groups in total. The number of ether oxygens (including phenoxy) is 2. The van der Waals surface area contributed by atoms with Crippen molar-refractivity contribution in [2.75, 3.05) is 30.6 Å². The molecule has 0 unspecified atom stereocenters. The zero-order valence-electron chi connectivity index (χ0n) is 17.9. The van der Waals surface area contributed by atoms with Crippen molar-refractivity contribution in [2.24, 2.45) is 0 Å². The van der Waals surface area contributed by atoms with Gasteiger partial charge < -0.3 is 20.1 Å². The average Bonchev–Trinajstić information content (AvgIpc) is 3.26. The van der Waals surface area contributed by atoms with Crippen molar-refractivity contribution in [1.29, 1.82) is 0 Å². The largest absolute Gasteiger partial charge is 0.497 e. The van der Waals surface area contributed by atoms with Crippen LogP contribution in [0.2, 0.25) is 0 Å². The van der Waals surface area contributed by atoms with Gasteiger partial charge in [-0.15, -0.1) is 10.2 Å². The fraction of sp³-hybridized carbons (Fsp3) is 0.130. The Morgan fingerprint density at radius 3 is 2.48 bits per heavy atom. The molecule has 0 saturated carbocycles. The van der Waals surface area contributed by atoms with Gasteiger partial charge >= 0.3 is 0 Å². The van der Waals surface area contributed by atoms with Crippen molar-refractivity contribution in [1.82, 2.24) is 14.6 Å². The van der Waals surface area contributed by atoms with Crippen molar-refractivity contribution in [3.63, 3.8) is 0 Å². The minimum Gasteiger partial charge on any atom is -0.497 e. The van der Waals surface area contributed by atoms with Gasteiger partial charge in [0.25, 0.3) is 5.91 Å². The van der Waals surface area contributed by atoms with Gasteiger partial charge in [0.2, 0.25) is 5.91 Å². The van der Waals surface area contributed by atoms with Crippen molar-refractivity contribution < 1.29 is 19.1 Å². The van der Waals surface area contributed by atoms with E-state index in [1.165, 1.54) is 11.8 Å². The minimum absolute atomic E-state index is 0.112. The third-order valence-corrected chi connectivity index (χ3v) is 5.64. The SMILES string of the molecule is COc1ccc(NC(=O)c2ccc3nnc(SCC(=O)Nc4ccccc4OC)n3c2)cc1. The standard InChI is InChI=1S/C23H21N5O4S/c1-31-17-10-8-16(9-11-17)24-22(30)15-7-12-20-26-27-23(28(20)13-15)33-14-21(29)25-18-5-3-4-6-19(18)32-2/h3-13H,14H2,1-2H3,(H,24,30)(H,25,29). The smallest absolute Gasteiger partial charge is 0.257 e. The number of hydrogen-bond donors (Lipinski definition) is 2. The number of para-hydroxylation sites is 2. The maximum atomic E-state index is 12.7. The van der Waals surface area contributed by atoms with E-state index in [0.717, 1.165) is 0 Å². The van der Waals surface area contributed by atoms with Gasteiger partial charge in [-0.05, 0) is 48.5 Å². The molecule has 0 radical (unpaired) electrons. The maximum Gasteiger partial charge on any atom is 0.257 e. The summed E-state index contributed by atoms with van der Waals surface area (Å²) < 4.78 is 12.1. The molecule has 0 aliphatic heterocycles. The molecule has 2 heterocycles. The number of pyridine rings is 1. The number of rotatable bonds is 8. The highest BCUT2D eigenvalue weighted by Crippen LogP contribution is 2.24. The van der Waals surface area contributed by atoms with Gasteiger partial charge in [-0.1, -0.05) is 23.9 Å². The molecular formula is C23H21N5O4S. The summed E-state index contributed by atoms with van der Waals surface area (Å²) in [6, 6.07) is 17.6. The topological polar surface area (TPSA) is 107 Å². The predicted molar refractivity (Wildman–Crippen MR) is 126 cm³/mol. The Hall–Kier alpha value is -4.05. The van der Waals surface area contributed by atoms with Gasteiger partial charge in [0.05, 0.1) is 31.2 Å². The van der Waals surface area contributed by atoms with Crippen LogP contribution in [0.15, 0.2) is 72.0 Å². The van der Waals surface area contributed by atoms with Crippen LogP contribution in [0.3, 0.4) is 0 Å². The Labute approximate surface area is 194 Å². The molecule has 2 amide bonds. The second-order valence-corrected chi connectivity index (χ2v) is 7.79. The summed E-state index contributed by atoms with van der Waals surface area (Å²) in [6.45, 7) is 0. The highest BCUT2D eigenvalue weighted by Gasteiger charge is 2.14. The summed E-state index contributed by atoms with van der Waals surface area (Å²) in [7, 11) is 3.13. The Morgan fingerprint density at radius 1 is 0.939 bits per heavy atom. The quantitative estimate of drug-likeness (QED) is 0.384. The van der Waals surface area contributed by atoms with E-state index in [9.17, 15) is 9.59 Å². The third-order valence-electron chi connectivity index (χ3n) is 4.69. The Kier molecular flexibility index (Phi) is 6.75. The van der Waals surface area contributed by atoms with E-state index in [4.69, 9.17) is 9.47 Å². The highest BCUT2D eigenvalue weighted by atomic mass is 32.2. The van der Waals surface area contributed by atoms with E-state index in [-0.39, 0.29) is 17.6 Å². The maximum absolute atomic E-state index is 12.7. The number of hydrogen-bond acceptors (Lipinski definition) is 7. The van der Waals surface area contributed by atoms with Crippen LogP contribution in [-0.2, 0) is 4.79 Å². The molecule has 0 fully saturated rings. The van der Waals surface area contributed by atoms with Crippen molar-refractivity contribution in [3.8, 4) is 11.5 Å². The molecule has 2 aromatic heterocycles. The number of thioether (sulfide) groups is 1. The van der Waals surface area contributed by atoms with Crippen LogP contribution in [0, 0.1) is 0 Å². The van der Waals surface area contributed by atoms with Gasteiger partial charge in [-0.2, -0.15) is 0 Å². The number of amides is 2. The molecule has 4 rings (SSSR count). The first-order valence-corrected chi connectivity index (χ1v) is 10.9. The number of fused-ring (bicyclic) bond motifs is 1. The highest BCUT2D eigenvalue weighted by molar-refractivity contribution is 7.99. The first-order valence-electron chi connectivity index (χ1n) is 9.93. The molecular weight excluding hydrogens is 442 g/mol. The summed E-state index contributed by atoms with van der Waals surface area (Å²) in [5.41, 5.74) is 2.24. The van der Waals surface area contributed by atoms with Crippen LogP contribution in [-0.4, -0.2) is 46.4 Å². The second-order valence-electron chi connectivity index (χ2n) is 6.85. The second kappa shape index (κ2) is 10.0. The molecule has 2 aromatic carbocycles. The van der Waals surface area contributed by atoms with Crippen LogP contribution < -0.4 is 20.1 Å². The third kappa shape index (κ3) is 5.24. The number of carbonyl (C=O) groups excluding carboxylic acids is 2. The van der Waals surface area contributed by atoms with Gasteiger partial charge in [-0.25, -0.2) is 0 Å². The normalized spacial score (nSPS) is 10.6. The fourth-order valence-corrected chi connectivity index (χ4v) is 3.76. The molecule has 0 bridgehead atoms. The molecule has 0 spiro atoms. The Balaban J connectivity index is 1.44. The van der Waals surface area contributed by atoms with Crippen LogP contribution in [0.5, 0.6) is 11.5 Å². The summed E-state index contributed by atoms with van der Waals surface area (Å²) >= 11 is 1.22. The summed E-state index contributed by atoms with van der Waals surface area (Å²) in [5.74, 6) is 0.906. The van der Waals surface area contributed by atoms with Gasteiger partial charge in [-0.3, -0.25) is 14.0 Å². The van der Waals surface area contributed by atoms with E-state index in [0.29, 0.717) is 39.2 Å². The summed E-state index contributed by atoms with van der Waals surface area (Å²) in [6.07, 6.45) is 1.65. The summed E-state index contributed by atoms with van der Waals surface area (Å²) in [4.78, 5) is 25.1. The number of anilines is 2. The van der Waals surface area contributed by atoms with E-state index >= 15 is 0 Å². The number of nitrogens with one attached hydrogen (secondary N) is 2. The number of methoxy groups -OCH3 is 2. The monoisotopic (exact) mass is 463 g/mol. The van der Waals surface area contributed by atoms with Crippen LogP contribution in [0.1, 0.15) is 10.4 Å². The molecule has 168 valence electrons. The lowest BCUT2D eigenvalue weighted by molar-refractivity contribution is -0.113. The Bertz CT molecular complexity index is 1290. The lowest BCUT2D eigenvalue weighted by Crippen LogP contribution is -2.15. The molecule has 0 aliphatic rings. The average molecular weight is 464 g/mol. The van der Waals surface area contributed by atoms with Gasteiger partial charge in [0.1, 0.15) is 11.5 Å². The zero-order valence-corrected chi connectivity index (χ0v) is 18.8. The molecule has 0 aliphatic carbocycles. The van der Waals surface area contributed by atoms with Crippen LogP contribution in [0.25, 0.3) is 5.65 Å². The zero-order chi connectivity index (χ0) is 23.2. The molecule has 4 aromatic rings. The number of benzene rings is 2. The molecule has 33 heavy (non-hydrogen) atoms. The molecule has 0 atom stereocenters. The van der Waals surface area contributed by atoms with E-state index in [1.807, 2.05) is 12.1 Å². The number of aromatic nitrogens is 3. The first kappa shape index (κ1) is 22.2. The van der Waals surface area contributed by atoms with Crippen molar-refractivity contribution >= 4 is 40.6 Å². The molecule has 9 nitrogen and oxygen atoms in total. The van der Waals surface area contributed by atoms with Crippen molar-refractivity contribution in [2.45, 2.75) is 5.16 Å². The summed E-state index contributed by atoms with van der Waals surface area (Å²) in [5, 5.41) is 14.4. The van der Waals surface area contributed by atoms with Crippen molar-refractivity contribution in [3.05, 3.63) is 72.4 Å². The van der Waals surface area contributed by atoms with E-state index in [2.05, 4.69) is 20.8 Å². The fourth-order valence-electron chi connectivity index (χ4n) is 3.04. The number of carbonyl (C=O) groups is 2. The first-order chi connectivity index (χ1) is 16.1. The van der Waals surface area contributed by atoms with E-state index in [1.54, 1.807) is 73.3 Å². The predicted octanol–water partition coefficient (Wildman–Crippen LogP) is 3.73. The van der Waals surface area contributed by atoms with Gasteiger partial charge in [0, 0.05) is 11.9 Å². The van der Waals surface area contributed by atoms with Crippen LogP contribution >= 0.6 is 11.8 Å². The molecule has 10 heteroatoms. The van der Waals surface area contributed by atoms with E-state index < -0.39 is 0 Å². The Morgan fingerprint density at radius 2 is 1.73 bits per heavy atom. The van der Waals surface area contributed by atoms with Crippen LogP contribution in [0.4, 0.5) is 11.4 Å². The molecule has 0 saturated heterocycles. The minimum atomic E-state index is -0.277. The lowest BCUT2D eigenvalue weighted by Gasteiger charge is -2.09. The lowest BCUT2D eigenvalue weighted by atomic mass is 10.2.